The summed E-state index contributed by atoms with van der Waals surface area (Å²) in [4.78, 5) is 23.2. The Morgan fingerprint density at radius 1 is 1.41 bits per heavy atom. The van der Waals surface area contributed by atoms with Gasteiger partial charge in [-0.2, -0.15) is 0 Å². The maximum absolute atomic E-state index is 11.9. The number of hydrogen-bond acceptors (Lipinski definition) is 6. The highest BCUT2D eigenvalue weighted by Crippen LogP contribution is 2.34. The summed E-state index contributed by atoms with van der Waals surface area (Å²) < 4.78 is 9.39. The monoisotopic (exact) mass is 236 g/mol. The predicted molar refractivity (Wildman–Crippen MR) is 59.0 cm³/mol. The van der Waals surface area contributed by atoms with Crippen molar-refractivity contribution in [3.8, 4) is 5.75 Å². The van der Waals surface area contributed by atoms with Crippen molar-refractivity contribution in [2.24, 2.45) is 0 Å². The standard InChI is InChI=1S/C11H10NO5/c1-16-6-3-4-8-7(5-6)10(13)9(12(8)15)11(14)17-2/h3-5,9H,1-2H3/q-1. The van der Waals surface area contributed by atoms with Crippen LogP contribution in [0.25, 0.3) is 0 Å². The Hall–Kier alpha value is -2.08. The van der Waals surface area contributed by atoms with Crippen LogP contribution in [-0.2, 0) is 9.53 Å². The van der Waals surface area contributed by atoms with Crippen LogP contribution in [0.3, 0.4) is 0 Å². The van der Waals surface area contributed by atoms with E-state index in [1.165, 1.54) is 19.2 Å². The third kappa shape index (κ3) is 1.62. The molecule has 2 rings (SSSR count). The van der Waals surface area contributed by atoms with Crippen molar-refractivity contribution in [1.82, 2.24) is 0 Å². The summed E-state index contributed by atoms with van der Waals surface area (Å²) in [5.74, 6) is -0.975. The zero-order valence-corrected chi connectivity index (χ0v) is 9.30. The highest BCUT2D eigenvalue weighted by Gasteiger charge is 2.38. The molecule has 0 N–H and O–H groups in total. The first-order valence-electron chi connectivity index (χ1n) is 4.86. The minimum Gasteiger partial charge on any atom is -0.757 e. The van der Waals surface area contributed by atoms with Crippen LogP contribution in [-0.4, -0.2) is 32.0 Å². The van der Waals surface area contributed by atoms with E-state index in [0.717, 1.165) is 7.11 Å². The van der Waals surface area contributed by atoms with Crippen LogP contribution in [0.5, 0.6) is 5.75 Å². The highest BCUT2D eigenvalue weighted by molar-refractivity contribution is 6.21. The molecule has 1 aromatic carbocycles. The lowest BCUT2D eigenvalue weighted by Gasteiger charge is -2.29. The number of anilines is 1. The highest BCUT2D eigenvalue weighted by atomic mass is 16.5. The smallest absolute Gasteiger partial charge is 0.335 e. The second-order valence-corrected chi connectivity index (χ2v) is 3.50. The minimum absolute atomic E-state index is 0.159. The molecule has 1 atom stereocenters. The molecule has 0 radical (unpaired) electrons. The molecule has 90 valence electrons. The van der Waals surface area contributed by atoms with Crippen LogP contribution in [0, 0.1) is 5.21 Å². The van der Waals surface area contributed by atoms with Crippen LogP contribution in [0.4, 0.5) is 5.69 Å². The van der Waals surface area contributed by atoms with Crippen molar-refractivity contribution in [2.75, 3.05) is 19.3 Å². The second kappa shape index (κ2) is 4.06. The van der Waals surface area contributed by atoms with Gasteiger partial charge in [0.25, 0.3) is 0 Å². The van der Waals surface area contributed by atoms with Gasteiger partial charge in [-0.3, -0.25) is 4.79 Å². The topological polar surface area (TPSA) is 78.9 Å². The van der Waals surface area contributed by atoms with E-state index in [-0.39, 0.29) is 11.3 Å². The lowest BCUT2D eigenvalue weighted by Crippen LogP contribution is -2.39. The van der Waals surface area contributed by atoms with E-state index < -0.39 is 17.8 Å². The fraction of sp³-hybridized carbons (Fsp3) is 0.273. The van der Waals surface area contributed by atoms with E-state index in [9.17, 15) is 14.8 Å². The number of fused-ring (bicyclic) bond motifs is 1. The molecule has 6 nitrogen and oxygen atoms in total. The molecule has 6 heteroatoms. The average Bonchev–Trinajstić information content (AvgIpc) is 2.60. The zero-order chi connectivity index (χ0) is 12.6. The molecule has 1 aliphatic heterocycles. The molecule has 1 heterocycles. The average molecular weight is 236 g/mol. The molecule has 0 spiro atoms. The number of carbonyl (C=O) groups is 2. The Morgan fingerprint density at radius 2 is 2.12 bits per heavy atom. The van der Waals surface area contributed by atoms with Gasteiger partial charge in [0.05, 0.1) is 14.2 Å². The number of nitrogens with zero attached hydrogens (tertiary/aromatic N) is 1. The van der Waals surface area contributed by atoms with Crippen LogP contribution >= 0.6 is 0 Å². The third-order valence-electron chi connectivity index (χ3n) is 2.61. The van der Waals surface area contributed by atoms with Gasteiger partial charge in [-0.15, -0.1) is 0 Å². The summed E-state index contributed by atoms with van der Waals surface area (Å²) in [7, 11) is 2.58. The van der Waals surface area contributed by atoms with Crippen molar-refractivity contribution in [2.45, 2.75) is 6.04 Å². The zero-order valence-electron chi connectivity index (χ0n) is 9.30. The van der Waals surface area contributed by atoms with Gasteiger partial charge in [0.15, 0.2) is 11.8 Å². The summed E-state index contributed by atoms with van der Waals surface area (Å²) in [6.45, 7) is 0. The van der Waals surface area contributed by atoms with Gasteiger partial charge in [0, 0.05) is 11.3 Å². The van der Waals surface area contributed by atoms with Crippen LogP contribution in [0.1, 0.15) is 10.4 Å². The lowest BCUT2D eigenvalue weighted by atomic mass is 10.1. The van der Waals surface area contributed by atoms with Crippen molar-refractivity contribution >= 4 is 17.4 Å². The number of methoxy groups -OCH3 is 2. The minimum atomic E-state index is -1.44. The van der Waals surface area contributed by atoms with E-state index in [1.54, 1.807) is 6.07 Å². The maximum Gasteiger partial charge on any atom is 0.335 e. The van der Waals surface area contributed by atoms with Gasteiger partial charge in [-0.1, -0.05) is 0 Å². The molecule has 0 fully saturated rings. The summed E-state index contributed by atoms with van der Waals surface area (Å²) in [5, 5.41) is 12.1. The van der Waals surface area contributed by atoms with E-state index in [2.05, 4.69) is 4.74 Å². The van der Waals surface area contributed by atoms with Gasteiger partial charge in [0.2, 0.25) is 0 Å². The molecule has 1 unspecified atom stereocenters. The summed E-state index contributed by atoms with van der Waals surface area (Å²) in [6.07, 6.45) is 0. The number of esters is 1. The summed E-state index contributed by atoms with van der Waals surface area (Å²) in [5.41, 5.74) is 0.334. The number of hydroxylamine groups is 1. The first kappa shape index (κ1) is 11.4. The first-order chi connectivity index (χ1) is 8.10. The van der Waals surface area contributed by atoms with Crippen LogP contribution in [0.15, 0.2) is 18.2 Å². The molecule has 0 aromatic heterocycles. The summed E-state index contributed by atoms with van der Waals surface area (Å²) in [6, 6.07) is 2.99. The third-order valence-corrected chi connectivity index (χ3v) is 2.61. The number of ketones is 1. The van der Waals surface area contributed by atoms with E-state index in [4.69, 9.17) is 4.74 Å². The Labute approximate surface area is 97.3 Å². The molecule has 1 aliphatic rings. The number of rotatable bonds is 2. The maximum atomic E-state index is 11.9. The predicted octanol–water partition coefficient (Wildman–Crippen LogP) is 0.737. The number of Topliss-reactive ketones (excluding diaryl/α,β-unsaturated/α-hetero) is 1. The van der Waals surface area contributed by atoms with Gasteiger partial charge >= 0.3 is 5.97 Å². The van der Waals surface area contributed by atoms with Gasteiger partial charge in [-0.25, -0.2) is 4.79 Å². The first-order valence-corrected chi connectivity index (χ1v) is 4.86. The molecule has 0 aliphatic carbocycles. The van der Waals surface area contributed by atoms with Gasteiger partial charge in [-0.05, 0) is 18.2 Å². The van der Waals surface area contributed by atoms with E-state index >= 15 is 0 Å². The normalized spacial score (nSPS) is 17.9. The summed E-state index contributed by atoms with van der Waals surface area (Å²) >= 11 is 0. The Morgan fingerprint density at radius 3 is 2.71 bits per heavy atom. The SMILES string of the molecule is COC(=O)C1C(=O)c2cc(OC)ccc2N1[O-]. The van der Waals surface area contributed by atoms with Gasteiger partial charge in [0.1, 0.15) is 5.75 Å². The van der Waals surface area contributed by atoms with E-state index in [0.29, 0.717) is 10.8 Å². The number of hydrogen-bond donors (Lipinski definition) is 0. The molecule has 17 heavy (non-hydrogen) atoms. The molecule has 0 bridgehead atoms. The van der Waals surface area contributed by atoms with Crippen molar-refractivity contribution in [1.29, 1.82) is 0 Å². The molecule has 1 aromatic rings. The van der Waals surface area contributed by atoms with Crippen molar-refractivity contribution < 1.29 is 19.1 Å². The molecule has 0 saturated heterocycles. The van der Waals surface area contributed by atoms with Crippen molar-refractivity contribution in [3.63, 3.8) is 0 Å². The molecule has 0 amide bonds. The Kier molecular flexibility index (Phi) is 2.72. The largest absolute Gasteiger partial charge is 0.757 e. The number of ether oxygens (including phenoxy) is 2. The Bertz CT molecular complexity index is 485. The molecular formula is C11H10NO5-. The van der Waals surface area contributed by atoms with E-state index in [1.807, 2.05) is 0 Å². The van der Waals surface area contributed by atoms with Crippen LogP contribution in [0.2, 0.25) is 0 Å². The van der Waals surface area contributed by atoms with Crippen LogP contribution < -0.4 is 9.80 Å². The van der Waals surface area contributed by atoms with Gasteiger partial charge < -0.3 is 19.7 Å². The van der Waals surface area contributed by atoms with Crippen molar-refractivity contribution in [3.05, 3.63) is 29.0 Å². The fourth-order valence-corrected chi connectivity index (χ4v) is 1.74. The fourth-order valence-electron chi connectivity index (χ4n) is 1.74. The molecular weight excluding hydrogens is 226 g/mol. The second-order valence-electron chi connectivity index (χ2n) is 3.50. The Balaban J connectivity index is 2.45. The lowest BCUT2D eigenvalue weighted by molar-refractivity contribution is -0.140. The molecule has 0 saturated carbocycles. The quantitative estimate of drug-likeness (QED) is 0.556. The number of carbonyl (C=O) groups excluding carboxylic acids is 2. The number of benzene rings is 1.